The van der Waals surface area contributed by atoms with Crippen LogP contribution in [-0.2, 0) is 4.79 Å². The summed E-state index contributed by atoms with van der Waals surface area (Å²) in [4.78, 5) is 26.8. The van der Waals surface area contributed by atoms with Crippen LogP contribution in [0.4, 0.5) is 4.79 Å². The minimum absolute atomic E-state index is 0.153. The first kappa shape index (κ1) is 14.5. The van der Waals surface area contributed by atoms with E-state index in [0.717, 1.165) is 50.5 Å². The van der Waals surface area contributed by atoms with Crippen LogP contribution in [0.2, 0.25) is 0 Å². The van der Waals surface area contributed by atoms with E-state index < -0.39 is 5.97 Å². The average molecular weight is 286 g/mol. The lowest BCUT2D eigenvalue weighted by Gasteiger charge is -2.26. The lowest BCUT2D eigenvalue weighted by Crippen LogP contribution is -2.43. The lowest BCUT2D eigenvalue weighted by molar-refractivity contribution is -0.137. The summed E-state index contributed by atoms with van der Waals surface area (Å²) in [5, 5.41) is 8.69. The lowest BCUT2D eigenvalue weighted by atomic mass is 10.0. The third kappa shape index (κ3) is 4.30. The highest BCUT2D eigenvalue weighted by Gasteiger charge is 2.29. The fourth-order valence-electron chi connectivity index (χ4n) is 2.71. The Morgan fingerprint density at radius 1 is 1.16 bits per heavy atom. The largest absolute Gasteiger partial charge is 0.481 e. The van der Waals surface area contributed by atoms with Crippen LogP contribution >= 0.6 is 11.8 Å². The quantitative estimate of drug-likeness (QED) is 0.858. The summed E-state index contributed by atoms with van der Waals surface area (Å²) in [5.41, 5.74) is 0. The van der Waals surface area contributed by atoms with Gasteiger partial charge in [-0.3, -0.25) is 4.79 Å². The number of carboxylic acids is 1. The number of thioether (sulfide) groups is 1. The Morgan fingerprint density at radius 2 is 2.00 bits per heavy atom. The number of carbonyl (C=O) groups excluding carboxylic acids is 1. The van der Waals surface area contributed by atoms with Gasteiger partial charge in [0.2, 0.25) is 0 Å². The first-order chi connectivity index (χ1) is 9.16. The Balaban J connectivity index is 1.78. The topological polar surface area (TPSA) is 60.9 Å². The van der Waals surface area contributed by atoms with Gasteiger partial charge in [0, 0.05) is 38.4 Å². The van der Waals surface area contributed by atoms with Gasteiger partial charge in [0.1, 0.15) is 0 Å². The predicted octanol–water partition coefficient (Wildman–Crippen LogP) is 1.73. The van der Waals surface area contributed by atoms with Crippen LogP contribution in [0.25, 0.3) is 0 Å². The number of rotatable bonds is 3. The second-order valence-electron chi connectivity index (χ2n) is 5.27. The van der Waals surface area contributed by atoms with Crippen LogP contribution in [0.1, 0.15) is 25.7 Å². The molecule has 2 heterocycles. The number of likely N-dealkylation sites (tertiary alicyclic amines) is 1. The van der Waals surface area contributed by atoms with Gasteiger partial charge in [0.05, 0.1) is 0 Å². The Labute approximate surface area is 118 Å². The summed E-state index contributed by atoms with van der Waals surface area (Å²) in [6.45, 7) is 3.23. The molecule has 2 aliphatic rings. The molecular formula is C13H22N2O3S. The number of aliphatic carboxylic acids is 1. The van der Waals surface area contributed by atoms with Gasteiger partial charge in [-0.25, -0.2) is 4.79 Å². The maximum atomic E-state index is 12.4. The zero-order chi connectivity index (χ0) is 13.7. The minimum Gasteiger partial charge on any atom is -0.481 e. The van der Waals surface area contributed by atoms with E-state index in [2.05, 4.69) is 0 Å². The van der Waals surface area contributed by atoms with Crippen molar-refractivity contribution in [2.45, 2.75) is 25.7 Å². The summed E-state index contributed by atoms with van der Waals surface area (Å²) in [6.07, 6.45) is 2.93. The van der Waals surface area contributed by atoms with Crippen molar-refractivity contribution in [3.8, 4) is 0 Å². The Hall–Kier alpha value is -0.910. The van der Waals surface area contributed by atoms with Crippen LogP contribution in [-0.4, -0.2) is 64.6 Å². The Bertz CT molecular complexity index is 330. The molecule has 2 aliphatic heterocycles. The van der Waals surface area contributed by atoms with Gasteiger partial charge in [0.25, 0.3) is 0 Å². The Morgan fingerprint density at radius 3 is 2.79 bits per heavy atom. The van der Waals surface area contributed by atoms with Crippen LogP contribution in [0, 0.1) is 5.92 Å². The monoisotopic (exact) mass is 286 g/mol. The molecule has 0 radical (unpaired) electrons. The van der Waals surface area contributed by atoms with E-state index >= 15 is 0 Å². The van der Waals surface area contributed by atoms with Gasteiger partial charge in [0.15, 0.2) is 0 Å². The second kappa shape index (κ2) is 7.03. The normalized spacial score (nSPS) is 24.3. The summed E-state index contributed by atoms with van der Waals surface area (Å²) in [5.74, 6) is 1.79. The fourth-order valence-corrected chi connectivity index (χ4v) is 3.59. The molecular weight excluding hydrogens is 264 g/mol. The fraction of sp³-hybridized carbons (Fsp3) is 0.846. The third-order valence-electron chi connectivity index (χ3n) is 3.82. The van der Waals surface area contributed by atoms with Gasteiger partial charge < -0.3 is 14.9 Å². The average Bonchev–Trinajstić information content (AvgIpc) is 2.69. The molecule has 1 unspecified atom stereocenters. The van der Waals surface area contributed by atoms with E-state index in [-0.39, 0.29) is 12.5 Å². The molecule has 0 aromatic heterocycles. The number of amides is 2. The highest BCUT2D eigenvalue weighted by atomic mass is 32.2. The number of carbonyl (C=O) groups is 2. The molecule has 0 saturated carbocycles. The summed E-state index contributed by atoms with van der Waals surface area (Å²) >= 11 is 1.91. The highest BCUT2D eigenvalue weighted by molar-refractivity contribution is 7.99. The SMILES string of the molecule is O=C(O)CCC1CCN(C(=O)N2CCCSCC2)C1. The molecule has 0 spiro atoms. The van der Waals surface area contributed by atoms with E-state index in [1.165, 1.54) is 0 Å². The molecule has 0 aromatic carbocycles. The molecule has 19 heavy (non-hydrogen) atoms. The van der Waals surface area contributed by atoms with Crippen LogP contribution in [0.5, 0.6) is 0 Å². The summed E-state index contributed by atoms with van der Waals surface area (Å²) in [7, 11) is 0. The number of carboxylic acid groups (broad SMARTS) is 1. The number of hydrogen-bond acceptors (Lipinski definition) is 3. The smallest absolute Gasteiger partial charge is 0.320 e. The number of urea groups is 1. The molecule has 6 heteroatoms. The zero-order valence-electron chi connectivity index (χ0n) is 11.2. The van der Waals surface area contributed by atoms with Gasteiger partial charge in [-0.1, -0.05) is 0 Å². The van der Waals surface area contributed by atoms with Crippen molar-refractivity contribution in [3.05, 3.63) is 0 Å². The molecule has 1 atom stereocenters. The van der Waals surface area contributed by atoms with Crippen molar-refractivity contribution < 1.29 is 14.7 Å². The first-order valence-electron chi connectivity index (χ1n) is 7.00. The van der Waals surface area contributed by atoms with Gasteiger partial charge >= 0.3 is 12.0 Å². The van der Waals surface area contributed by atoms with Crippen molar-refractivity contribution in [1.82, 2.24) is 9.80 Å². The van der Waals surface area contributed by atoms with Crippen LogP contribution in [0.3, 0.4) is 0 Å². The van der Waals surface area contributed by atoms with E-state index in [1.54, 1.807) is 0 Å². The van der Waals surface area contributed by atoms with E-state index in [1.807, 2.05) is 21.6 Å². The summed E-state index contributed by atoms with van der Waals surface area (Å²) in [6, 6.07) is 0.153. The Kier molecular flexibility index (Phi) is 5.36. The molecule has 0 bridgehead atoms. The number of hydrogen-bond donors (Lipinski definition) is 1. The van der Waals surface area contributed by atoms with E-state index in [0.29, 0.717) is 12.3 Å². The van der Waals surface area contributed by atoms with Gasteiger partial charge in [-0.2, -0.15) is 11.8 Å². The summed E-state index contributed by atoms with van der Waals surface area (Å²) < 4.78 is 0. The van der Waals surface area contributed by atoms with Gasteiger partial charge in [-0.05, 0) is 30.9 Å². The van der Waals surface area contributed by atoms with Crippen LogP contribution < -0.4 is 0 Å². The molecule has 108 valence electrons. The van der Waals surface area contributed by atoms with Crippen molar-refractivity contribution in [2.75, 3.05) is 37.7 Å². The zero-order valence-corrected chi connectivity index (χ0v) is 12.0. The minimum atomic E-state index is -0.741. The van der Waals surface area contributed by atoms with Crippen molar-refractivity contribution >= 4 is 23.8 Å². The second-order valence-corrected chi connectivity index (χ2v) is 6.49. The van der Waals surface area contributed by atoms with E-state index in [9.17, 15) is 9.59 Å². The predicted molar refractivity (Wildman–Crippen MR) is 75.5 cm³/mol. The first-order valence-corrected chi connectivity index (χ1v) is 8.15. The molecule has 0 aromatic rings. The van der Waals surface area contributed by atoms with Crippen molar-refractivity contribution in [3.63, 3.8) is 0 Å². The maximum Gasteiger partial charge on any atom is 0.320 e. The number of nitrogens with zero attached hydrogens (tertiary/aromatic N) is 2. The molecule has 2 rings (SSSR count). The molecule has 0 aliphatic carbocycles. The van der Waals surface area contributed by atoms with Crippen molar-refractivity contribution in [1.29, 1.82) is 0 Å². The highest BCUT2D eigenvalue weighted by Crippen LogP contribution is 2.23. The van der Waals surface area contributed by atoms with E-state index in [4.69, 9.17) is 5.11 Å². The molecule has 1 N–H and O–H groups in total. The molecule has 5 nitrogen and oxygen atoms in total. The molecule has 2 saturated heterocycles. The van der Waals surface area contributed by atoms with Gasteiger partial charge in [-0.15, -0.1) is 0 Å². The standard InChI is InChI=1S/C13H22N2O3S/c16-12(17)3-2-11-4-6-15(10-11)13(18)14-5-1-8-19-9-7-14/h11H,1-10H2,(H,16,17). The molecule has 2 fully saturated rings. The maximum absolute atomic E-state index is 12.4. The third-order valence-corrected chi connectivity index (χ3v) is 4.86. The van der Waals surface area contributed by atoms with Crippen LogP contribution in [0.15, 0.2) is 0 Å². The molecule has 2 amide bonds. The van der Waals surface area contributed by atoms with Crippen molar-refractivity contribution in [2.24, 2.45) is 5.92 Å².